The Labute approximate surface area is 106 Å². The van der Waals surface area contributed by atoms with Crippen LogP contribution in [0.5, 0.6) is 5.75 Å². The number of ether oxygens (including phenoxy) is 1. The van der Waals surface area contributed by atoms with Crippen molar-refractivity contribution in [2.45, 2.75) is 12.5 Å². The second-order valence-electron chi connectivity index (χ2n) is 4.38. The number of hydrogen-bond donors (Lipinski definition) is 1. The predicted molar refractivity (Wildman–Crippen MR) is 68.6 cm³/mol. The summed E-state index contributed by atoms with van der Waals surface area (Å²) in [7, 11) is 1.91. The fourth-order valence-electron chi connectivity index (χ4n) is 2.22. The second kappa shape index (κ2) is 4.74. The Morgan fingerprint density at radius 1 is 1.28 bits per heavy atom. The zero-order valence-corrected chi connectivity index (χ0v) is 10.3. The molecule has 0 aliphatic carbocycles. The molecule has 0 amide bonds. The maximum Gasteiger partial charge on any atom is 0.139 e. The minimum absolute atomic E-state index is 0.157. The predicted octanol–water partition coefficient (Wildman–Crippen LogP) is 1.72. The summed E-state index contributed by atoms with van der Waals surface area (Å²) in [4.78, 5) is 8.89. The molecule has 0 bridgehead atoms. The van der Waals surface area contributed by atoms with Crippen LogP contribution in [0.2, 0.25) is 0 Å². The Hall–Kier alpha value is -1.94. The van der Waals surface area contributed by atoms with Gasteiger partial charge >= 0.3 is 0 Å². The van der Waals surface area contributed by atoms with Gasteiger partial charge in [0, 0.05) is 30.1 Å². The van der Waals surface area contributed by atoms with Crippen molar-refractivity contribution < 1.29 is 4.74 Å². The molecule has 18 heavy (non-hydrogen) atoms. The standard InChI is InChI=1S/C14H15N3O/c1-15-6-10-7-16-14(17-8-10)12-9-18-13-5-3-2-4-11(12)13/h2-5,7-8,12,15H,6,9H2,1H3. The van der Waals surface area contributed by atoms with Crippen LogP contribution >= 0.6 is 0 Å². The van der Waals surface area contributed by atoms with Crippen molar-refractivity contribution in [2.24, 2.45) is 0 Å². The van der Waals surface area contributed by atoms with E-state index in [1.54, 1.807) is 0 Å². The van der Waals surface area contributed by atoms with Gasteiger partial charge in [-0.3, -0.25) is 0 Å². The van der Waals surface area contributed by atoms with E-state index in [1.807, 2.05) is 37.6 Å². The average Bonchev–Trinajstić information content (AvgIpc) is 2.84. The number of nitrogens with one attached hydrogen (secondary N) is 1. The Kier molecular flexibility index (Phi) is 2.94. The topological polar surface area (TPSA) is 47.0 Å². The molecule has 4 nitrogen and oxygen atoms in total. The van der Waals surface area contributed by atoms with Gasteiger partial charge in [0.2, 0.25) is 0 Å². The quantitative estimate of drug-likeness (QED) is 0.888. The highest BCUT2D eigenvalue weighted by Crippen LogP contribution is 2.36. The van der Waals surface area contributed by atoms with Gasteiger partial charge in [-0.25, -0.2) is 9.97 Å². The van der Waals surface area contributed by atoms with E-state index in [0.717, 1.165) is 23.7 Å². The third kappa shape index (κ3) is 1.95. The maximum absolute atomic E-state index is 5.65. The Morgan fingerprint density at radius 3 is 2.83 bits per heavy atom. The van der Waals surface area contributed by atoms with Gasteiger partial charge in [-0.2, -0.15) is 0 Å². The van der Waals surface area contributed by atoms with Crippen LogP contribution in [0.3, 0.4) is 0 Å². The number of benzene rings is 1. The van der Waals surface area contributed by atoms with Crippen molar-refractivity contribution in [1.29, 1.82) is 0 Å². The number of fused-ring (bicyclic) bond motifs is 1. The van der Waals surface area contributed by atoms with Crippen molar-refractivity contribution in [3.05, 3.63) is 53.6 Å². The Bertz CT molecular complexity index is 539. The van der Waals surface area contributed by atoms with Gasteiger partial charge in [-0.15, -0.1) is 0 Å². The maximum atomic E-state index is 5.65. The lowest BCUT2D eigenvalue weighted by Gasteiger charge is -2.07. The first-order valence-corrected chi connectivity index (χ1v) is 6.05. The van der Waals surface area contributed by atoms with E-state index < -0.39 is 0 Å². The normalized spacial score (nSPS) is 17.3. The van der Waals surface area contributed by atoms with Gasteiger partial charge in [0.15, 0.2) is 0 Å². The summed E-state index contributed by atoms with van der Waals surface area (Å²) in [5.41, 5.74) is 2.27. The fraction of sp³-hybridized carbons (Fsp3) is 0.286. The number of aromatic nitrogens is 2. The van der Waals surface area contributed by atoms with E-state index in [9.17, 15) is 0 Å². The first-order chi connectivity index (χ1) is 8.88. The number of hydrogen-bond acceptors (Lipinski definition) is 4. The SMILES string of the molecule is CNCc1cnc(C2COc3ccccc32)nc1. The van der Waals surface area contributed by atoms with Crippen molar-refractivity contribution >= 4 is 0 Å². The minimum atomic E-state index is 0.157. The first kappa shape index (κ1) is 11.2. The molecule has 1 aromatic heterocycles. The summed E-state index contributed by atoms with van der Waals surface area (Å²) in [5.74, 6) is 1.94. The molecule has 0 spiro atoms. The highest BCUT2D eigenvalue weighted by molar-refractivity contribution is 5.42. The molecule has 2 aromatic rings. The molecule has 4 heteroatoms. The van der Waals surface area contributed by atoms with Crippen LogP contribution in [0.15, 0.2) is 36.7 Å². The molecule has 2 heterocycles. The molecule has 0 saturated carbocycles. The van der Waals surface area contributed by atoms with Gasteiger partial charge in [0.1, 0.15) is 18.2 Å². The molecule has 0 fully saturated rings. The molecule has 3 rings (SSSR count). The highest BCUT2D eigenvalue weighted by atomic mass is 16.5. The highest BCUT2D eigenvalue weighted by Gasteiger charge is 2.27. The smallest absolute Gasteiger partial charge is 0.139 e. The summed E-state index contributed by atoms with van der Waals surface area (Å²) in [6.07, 6.45) is 3.75. The van der Waals surface area contributed by atoms with E-state index >= 15 is 0 Å². The van der Waals surface area contributed by atoms with Crippen LogP contribution in [0.25, 0.3) is 0 Å². The molecular formula is C14H15N3O. The molecule has 1 aromatic carbocycles. The second-order valence-corrected chi connectivity index (χ2v) is 4.38. The molecular weight excluding hydrogens is 226 g/mol. The third-order valence-electron chi connectivity index (χ3n) is 3.12. The summed E-state index contributed by atoms with van der Waals surface area (Å²) in [6.45, 7) is 1.42. The zero-order valence-electron chi connectivity index (χ0n) is 10.3. The van der Waals surface area contributed by atoms with Crippen molar-refractivity contribution in [2.75, 3.05) is 13.7 Å². The molecule has 0 saturated heterocycles. The fourth-order valence-corrected chi connectivity index (χ4v) is 2.22. The summed E-state index contributed by atoms with van der Waals surface area (Å²) in [6, 6.07) is 8.08. The lowest BCUT2D eigenvalue weighted by molar-refractivity contribution is 0.339. The summed E-state index contributed by atoms with van der Waals surface area (Å²) in [5, 5.41) is 3.08. The van der Waals surface area contributed by atoms with E-state index in [-0.39, 0.29) is 5.92 Å². The molecule has 1 N–H and O–H groups in total. The third-order valence-corrected chi connectivity index (χ3v) is 3.12. The molecule has 1 unspecified atom stereocenters. The minimum Gasteiger partial charge on any atom is -0.492 e. The lowest BCUT2D eigenvalue weighted by Crippen LogP contribution is -2.10. The van der Waals surface area contributed by atoms with Gasteiger partial charge in [-0.1, -0.05) is 18.2 Å². The Balaban J connectivity index is 1.88. The van der Waals surface area contributed by atoms with Gasteiger partial charge in [0.05, 0.1) is 5.92 Å². The van der Waals surface area contributed by atoms with Crippen LogP contribution in [-0.2, 0) is 6.54 Å². The van der Waals surface area contributed by atoms with Crippen molar-refractivity contribution in [3.8, 4) is 5.75 Å². The van der Waals surface area contributed by atoms with Crippen LogP contribution < -0.4 is 10.1 Å². The lowest BCUT2D eigenvalue weighted by atomic mass is 10.0. The Morgan fingerprint density at radius 2 is 2.06 bits per heavy atom. The largest absolute Gasteiger partial charge is 0.492 e. The van der Waals surface area contributed by atoms with Crippen LogP contribution in [-0.4, -0.2) is 23.6 Å². The zero-order chi connectivity index (χ0) is 12.4. The van der Waals surface area contributed by atoms with Gasteiger partial charge in [0.25, 0.3) is 0 Å². The van der Waals surface area contributed by atoms with Gasteiger partial charge in [-0.05, 0) is 13.1 Å². The average molecular weight is 241 g/mol. The molecule has 0 radical (unpaired) electrons. The molecule has 1 atom stereocenters. The first-order valence-electron chi connectivity index (χ1n) is 6.05. The summed E-state index contributed by atoms with van der Waals surface area (Å²) >= 11 is 0. The van der Waals surface area contributed by atoms with Gasteiger partial charge < -0.3 is 10.1 Å². The van der Waals surface area contributed by atoms with Crippen molar-refractivity contribution in [1.82, 2.24) is 15.3 Å². The molecule has 1 aliphatic rings. The van der Waals surface area contributed by atoms with Crippen LogP contribution in [0.4, 0.5) is 0 Å². The summed E-state index contributed by atoms with van der Waals surface area (Å²) < 4.78 is 5.65. The van der Waals surface area contributed by atoms with Crippen LogP contribution in [0, 0.1) is 0 Å². The molecule has 92 valence electrons. The number of nitrogens with zero attached hydrogens (tertiary/aromatic N) is 2. The number of rotatable bonds is 3. The molecule has 1 aliphatic heterocycles. The van der Waals surface area contributed by atoms with E-state index in [1.165, 1.54) is 5.56 Å². The monoisotopic (exact) mass is 241 g/mol. The van der Waals surface area contributed by atoms with Crippen molar-refractivity contribution in [3.63, 3.8) is 0 Å². The van der Waals surface area contributed by atoms with Crippen LogP contribution in [0.1, 0.15) is 22.9 Å². The van der Waals surface area contributed by atoms with E-state index in [4.69, 9.17) is 4.74 Å². The number of para-hydroxylation sites is 1. The van der Waals surface area contributed by atoms with E-state index in [0.29, 0.717) is 6.61 Å². The van der Waals surface area contributed by atoms with E-state index in [2.05, 4.69) is 21.4 Å².